The molecule has 2 atom stereocenters. The van der Waals surface area contributed by atoms with Crippen LogP contribution in [0.4, 0.5) is 5.69 Å². The highest BCUT2D eigenvalue weighted by molar-refractivity contribution is 9.10. The lowest BCUT2D eigenvalue weighted by Gasteiger charge is -2.40. The fourth-order valence-corrected chi connectivity index (χ4v) is 2.88. The third kappa shape index (κ3) is 2.89. The van der Waals surface area contributed by atoms with Crippen LogP contribution in [0.2, 0.25) is 0 Å². The molecule has 2 rings (SSSR count). The normalized spacial score (nSPS) is 23.9. The number of ether oxygens (including phenoxy) is 1. The van der Waals surface area contributed by atoms with E-state index < -0.39 is 0 Å². The molecule has 20 heavy (non-hydrogen) atoms. The molecule has 1 saturated heterocycles. The summed E-state index contributed by atoms with van der Waals surface area (Å²) in [5.74, 6) is 0.0479. The smallest absolute Gasteiger partial charge is 0.173 e. The van der Waals surface area contributed by atoms with Crippen LogP contribution >= 0.6 is 15.9 Å². The van der Waals surface area contributed by atoms with Crippen molar-refractivity contribution in [2.75, 3.05) is 24.7 Å². The number of aliphatic hydroxyl groups is 1. The Morgan fingerprint density at radius 3 is 3.00 bits per heavy atom. The van der Waals surface area contributed by atoms with Crippen LogP contribution in [0.25, 0.3) is 0 Å². The molecule has 0 radical (unpaired) electrons. The standard InChI is InChI=1S/C13H18BrN3O3/c1-8-7-20-9(6-18)5-17(8)11-4-2-3-10(14)12(11)13(15)16-19/h2-4,8-9,18-19H,5-7H2,1H3,(H2,15,16). The molecule has 7 heteroatoms. The number of morpholine rings is 1. The Bertz CT molecular complexity index is 510. The number of hydrogen-bond acceptors (Lipinski definition) is 5. The van der Waals surface area contributed by atoms with Gasteiger partial charge in [-0.15, -0.1) is 0 Å². The van der Waals surface area contributed by atoms with Crippen LogP contribution in [0.15, 0.2) is 27.8 Å². The minimum absolute atomic E-state index is 0.0316. The Kier molecular flexibility index (Phi) is 4.85. The van der Waals surface area contributed by atoms with Gasteiger partial charge in [0.2, 0.25) is 0 Å². The van der Waals surface area contributed by atoms with Crippen molar-refractivity contribution in [2.45, 2.75) is 19.1 Å². The number of benzene rings is 1. The number of oxime groups is 1. The van der Waals surface area contributed by atoms with Gasteiger partial charge in [0.05, 0.1) is 24.9 Å². The molecule has 1 heterocycles. The molecular formula is C13H18BrN3O3. The molecule has 110 valence electrons. The first-order valence-electron chi connectivity index (χ1n) is 6.34. The second-order valence-corrected chi connectivity index (χ2v) is 5.61. The molecule has 0 amide bonds. The quantitative estimate of drug-likeness (QED) is 0.331. The zero-order chi connectivity index (χ0) is 14.7. The zero-order valence-corrected chi connectivity index (χ0v) is 12.7. The molecular weight excluding hydrogens is 326 g/mol. The molecule has 2 unspecified atom stereocenters. The van der Waals surface area contributed by atoms with E-state index in [0.717, 1.165) is 10.2 Å². The largest absolute Gasteiger partial charge is 0.409 e. The lowest BCUT2D eigenvalue weighted by Crippen LogP contribution is -2.50. The second kappa shape index (κ2) is 6.43. The Balaban J connectivity index is 2.43. The van der Waals surface area contributed by atoms with Crippen molar-refractivity contribution in [3.05, 3.63) is 28.2 Å². The molecule has 1 fully saturated rings. The molecule has 0 aliphatic carbocycles. The van der Waals surface area contributed by atoms with Crippen LogP contribution in [-0.2, 0) is 4.74 Å². The maximum Gasteiger partial charge on any atom is 0.173 e. The third-order valence-electron chi connectivity index (χ3n) is 3.37. The van der Waals surface area contributed by atoms with Gasteiger partial charge in [0.15, 0.2) is 5.84 Å². The van der Waals surface area contributed by atoms with Crippen molar-refractivity contribution in [1.29, 1.82) is 0 Å². The van der Waals surface area contributed by atoms with Gasteiger partial charge < -0.3 is 25.7 Å². The lowest BCUT2D eigenvalue weighted by molar-refractivity contribution is -0.0103. The number of amidine groups is 1. The van der Waals surface area contributed by atoms with Crippen LogP contribution in [0.1, 0.15) is 12.5 Å². The summed E-state index contributed by atoms with van der Waals surface area (Å²) in [6, 6.07) is 5.78. The van der Waals surface area contributed by atoms with E-state index in [-0.39, 0.29) is 24.6 Å². The topological polar surface area (TPSA) is 91.3 Å². The Morgan fingerprint density at radius 1 is 1.60 bits per heavy atom. The van der Waals surface area contributed by atoms with Crippen molar-refractivity contribution < 1.29 is 15.1 Å². The van der Waals surface area contributed by atoms with Gasteiger partial charge in [0.1, 0.15) is 0 Å². The number of anilines is 1. The van der Waals surface area contributed by atoms with Gasteiger partial charge in [-0.05, 0) is 35.0 Å². The highest BCUT2D eigenvalue weighted by Crippen LogP contribution is 2.30. The van der Waals surface area contributed by atoms with E-state index in [4.69, 9.17) is 15.7 Å². The van der Waals surface area contributed by atoms with Crippen LogP contribution in [-0.4, -0.2) is 48.1 Å². The van der Waals surface area contributed by atoms with Crippen molar-refractivity contribution in [3.8, 4) is 0 Å². The average molecular weight is 344 g/mol. The first-order valence-corrected chi connectivity index (χ1v) is 7.13. The summed E-state index contributed by atoms with van der Waals surface area (Å²) in [6.07, 6.45) is -0.231. The van der Waals surface area contributed by atoms with Gasteiger partial charge in [-0.1, -0.05) is 11.2 Å². The Labute approximate surface area is 125 Å². The molecule has 0 aromatic heterocycles. The van der Waals surface area contributed by atoms with E-state index >= 15 is 0 Å². The number of nitrogens with zero attached hydrogens (tertiary/aromatic N) is 2. The van der Waals surface area contributed by atoms with Gasteiger partial charge in [-0.2, -0.15) is 0 Å². The predicted octanol–water partition coefficient (Wildman–Crippen LogP) is 1.13. The molecule has 0 bridgehead atoms. The second-order valence-electron chi connectivity index (χ2n) is 4.76. The predicted molar refractivity (Wildman–Crippen MR) is 80.3 cm³/mol. The van der Waals surface area contributed by atoms with E-state index in [1.807, 2.05) is 25.1 Å². The van der Waals surface area contributed by atoms with Crippen LogP contribution in [0, 0.1) is 0 Å². The highest BCUT2D eigenvalue weighted by Gasteiger charge is 2.28. The summed E-state index contributed by atoms with van der Waals surface area (Å²) in [7, 11) is 0. The van der Waals surface area contributed by atoms with E-state index in [0.29, 0.717) is 18.7 Å². The van der Waals surface area contributed by atoms with Crippen molar-refractivity contribution in [3.63, 3.8) is 0 Å². The van der Waals surface area contributed by atoms with E-state index in [9.17, 15) is 5.11 Å². The Hall–Kier alpha value is -1.31. The maximum absolute atomic E-state index is 9.27. The van der Waals surface area contributed by atoms with Crippen molar-refractivity contribution in [2.24, 2.45) is 10.9 Å². The number of rotatable bonds is 3. The number of nitrogens with two attached hydrogens (primary N) is 1. The van der Waals surface area contributed by atoms with Crippen molar-refractivity contribution in [1.82, 2.24) is 0 Å². The van der Waals surface area contributed by atoms with Gasteiger partial charge in [-0.3, -0.25) is 0 Å². The van der Waals surface area contributed by atoms with Gasteiger partial charge in [-0.25, -0.2) is 0 Å². The molecule has 1 aliphatic rings. The number of hydrogen-bond donors (Lipinski definition) is 3. The maximum atomic E-state index is 9.27. The van der Waals surface area contributed by atoms with E-state index in [1.54, 1.807) is 0 Å². The van der Waals surface area contributed by atoms with E-state index in [1.165, 1.54) is 0 Å². The molecule has 1 aliphatic heterocycles. The van der Waals surface area contributed by atoms with Crippen LogP contribution in [0.5, 0.6) is 0 Å². The highest BCUT2D eigenvalue weighted by atomic mass is 79.9. The van der Waals surface area contributed by atoms with Gasteiger partial charge in [0, 0.05) is 22.7 Å². The minimum Gasteiger partial charge on any atom is -0.409 e. The molecule has 1 aromatic carbocycles. The lowest BCUT2D eigenvalue weighted by atomic mass is 10.1. The SMILES string of the molecule is CC1COC(CO)CN1c1cccc(Br)c1/C(N)=N/O. The summed E-state index contributed by atoms with van der Waals surface area (Å²) in [5, 5.41) is 21.3. The first-order chi connectivity index (χ1) is 9.58. The van der Waals surface area contributed by atoms with E-state index in [2.05, 4.69) is 26.0 Å². The first kappa shape index (κ1) is 15.1. The summed E-state index contributed by atoms with van der Waals surface area (Å²) >= 11 is 3.43. The Morgan fingerprint density at radius 2 is 2.35 bits per heavy atom. The van der Waals surface area contributed by atoms with Crippen LogP contribution < -0.4 is 10.6 Å². The summed E-state index contributed by atoms with van der Waals surface area (Å²) in [6.45, 7) is 3.08. The summed E-state index contributed by atoms with van der Waals surface area (Å²) in [5.41, 5.74) is 7.27. The monoisotopic (exact) mass is 343 g/mol. The van der Waals surface area contributed by atoms with Gasteiger partial charge in [0.25, 0.3) is 0 Å². The number of aliphatic hydroxyl groups excluding tert-OH is 1. The molecule has 1 aromatic rings. The van der Waals surface area contributed by atoms with Crippen molar-refractivity contribution >= 4 is 27.5 Å². The zero-order valence-electron chi connectivity index (χ0n) is 11.2. The third-order valence-corrected chi connectivity index (χ3v) is 4.03. The molecule has 0 saturated carbocycles. The minimum atomic E-state index is -0.231. The number of halogens is 1. The average Bonchev–Trinajstić information content (AvgIpc) is 2.47. The molecule has 0 spiro atoms. The fourth-order valence-electron chi connectivity index (χ4n) is 2.32. The molecule has 6 nitrogen and oxygen atoms in total. The summed E-state index contributed by atoms with van der Waals surface area (Å²) < 4.78 is 6.29. The molecule has 4 N–H and O–H groups in total. The van der Waals surface area contributed by atoms with Gasteiger partial charge >= 0.3 is 0 Å². The fraction of sp³-hybridized carbons (Fsp3) is 0.462. The van der Waals surface area contributed by atoms with Crippen LogP contribution in [0.3, 0.4) is 0 Å². The summed E-state index contributed by atoms with van der Waals surface area (Å²) in [4.78, 5) is 2.10.